The Kier molecular flexibility index (Phi) is 3.92. The molecule has 1 aromatic rings. The summed E-state index contributed by atoms with van der Waals surface area (Å²) in [6.07, 6.45) is 5.80. The fraction of sp³-hybridized carbons (Fsp3) is 0.600. The van der Waals surface area contributed by atoms with Gasteiger partial charge in [0.15, 0.2) is 0 Å². The van der Waals surface area contributed by atoms with Gasteiger partial charge >= 0.3 is 0 Å². The molecular formula is C15H20BrFN2. The third-order valence-electron chi connectivity index (χ3n) is 4.26. The summed E-state index contributed by atoms with van der Waals surface area (Å²) in [5, 5.41) is 0. The molecule has 1 aliphatic heterocycles. The molecule has 2 atom stereocenters. The van der Waals surface area contributed by atoms with Gasteiger partial charge in [0.1, 0.15) is 5.82 Å². The topological polar surface area (TPSA) is 29.3 Å². The van der Waals surface area contributed by atoms with Crippen LogP contribution in [0.4, 0.5) is 4.39 Å². The predicted octanol–water partition coefficient (Wildman–Crippen LogP) is 3.60. The number of hydrogen-bond acceptors (Lipinski definition) is 2. The Bertz CT molecular complexity index is 461. The molecule has 1 saturated carbocycles. The number of benzene rings is 1. The highest BCUT2D eigenvalue weighted by molar-refractivity contribution is 9.10. The van der Waals surface area contributed by atoms with Gasteiger partial charge in [-0.05, 0) is 44.4 Å². The lowest BCUT2D eigenvalue weighted by Crippen LogP contribution is -2.41. The van der Waals surface area contributed by atoms with Crippen molar-refractivity contribution < 1.29 is 4.39 Å². The van der Waals surface area contributed by atoms with Gasteiger partial charge in [0.25, 0.3) is 0 Å². The van der Waals surface area contributed by atoms with Crippen molar-refractivity contribution in [2.75, 3.05) is 6.54 Å². The molecule has 0 amide bonds. The van der Waals surface area contributed by atoms with E-state index in [0.717, 1.165) is 29.4 Å². The number of likely N-dealkylation sites (tertiary alicyclic amines) is 1. The molecule has 1 saturated heterocycles. The molecule has 104 valence electrons. The first-order chi connectivity index (χ1) is 9.16. The van der Waals surface area contributed by atoms with Crippen LogP contribution < -0.4 is 5.73 Å². The Hall–Kier alpha value is -0.450. The highest BCUT2D eigenvalue weighted by atomic mass is 79.9. The van der Waals surface area contributed by atoms with Crippen LogP contribution in [0.2, 0.25) is 0 Å². The fourth-order valence-corrected chi connectivity index (χ4v) is 3.52. The first-order valence-corrected chi connectivity index (χ1v) is 7.92. The van der Waals surface area contributed by atoms with Gasteiger partial charge in [-0.2, -0.15) is 0 Å². The molecule has 1 heterocycles. The van der Waals surface area contributed by atoms with Gasteiger partial charge in [0.2, 0.25) is 0 Å². The van der Waals surface area contributed by atoms with Gasteiger partial charge < -0.3 is 5.73 Å². The maximum atomic E-state index is 14.3. The van der Waals surface area contributed by atoms with Gasteiger partial charge in [0, 0.05) is 22.1 Å². The molecule has 0 aromatic heterocycles. The van der Waals surface area contributed by atoms with E-state index in [-0.39, 0.29) is 17.9 Å². The molecule has 1 aliphatic carbocycles. The van der Waals surface area contributed by atoms with Crippen LogP contribution in [0.5, 0.6) is 0 Å². The van der Waals surface area contributed by atoms with E-state index in [9.17, 15) is 4.39 Å². The van der Waals surface area contributed by atoms with E-state index >= 15 is 0 Å². The van der Waals surface area contributed by atoms with Crippen LogP contribution in [0.3, 0.4) is 0 Å². The maximum Gasteiger partial charge on any atom is 0.129 e. The molecule has 4 heteroatoms. The predicted molar refractivity (Wildman–Crippen MR) is 78.4 cm³/mol. The minimum absolute atomic E-state index is 0.0405. The number of hydrogen-bond donors (Lipinski definition) is 1. The monoisotopic (exact) mass is 326 g/mol. The van der Waals surface area contributed by atoms with E-state index in [4.69, 9.17) is 5.73 Å². The third kappa shape index (κ3) is 2.86. The zero-order chi connectivity index (χ0) is 13.4. The molecule has 2 unspecified atom stereocenters. The Morgan fingerprint density at radius 3 is 2.68 bits per heavy atom. The van der Waals surface area contributed by atoms with Crippen LogP contribution in [0.25, 0.3) is 0 Å². The second-order valence-corrected chi connectivity index (χ2v) is 6.65. The second-order valence-electron chi connectivity index (χ2n) is 5.74. The Morgan fingerprint density at radius 2 is 2.00 bits per heavy atom. The van der Waals surface area contributed by atoms with Crippen molar-refractivity contribution in [1.29, 1.82) is 0 Å². The zero-order valence-corrected chi connectivity index (χ0v) is 12.6. The van der Waals surface area contributed by atoms with E-state index in [2.05, 4.69) is 20.8 Å². The highest BCUT2D eigenvalue weighted by Crippen LogP contribution is 2.39. The summed E-state index contributed by atoms with van der Waals surface area (Å²) in [7, 11) is 0. The van der Waals surface area contributed by atoms with Crippen molar-refractivity contribution >= 4 is 15.9 Å². The fourth-order valence-electron chi connectivity index (χ4n) is 3.18. The highest BCUT2D eigenvalue weighted by Gasteiger charge is 2.39. The van der Waals surface area contributed by atoms with Crippen molar-refractivity contribution in [2.45, 2.75) is 50.2 Å². The molecule has 2 nitrogen and oxygen atoms in total. The van der Waals surface area contributed by atoms with Crippen LogP contribution in [-0.4, -0.2) is 23.5 Å². The lowest BCUT2D eigenvalue weighted by Gasteiger charge is -2.34. The van der Waals surface area contributed by atoms with Crippen LogP contribution in [0.15, 0.2) is 22.7 Å². The van der Waals surface area contributed by atoms with Crippen LogP contribution >= 0.6 is 15.9 Å². The van der Waals surface area contributed by atoms with Crippen LogP contribution in [0.1, 0.15) is 43.7 Å². The minimum atomic E-state index is -0.137. The molecule has 0 spiro atoms. The molecule has 2 N–H and O–H groups in total. The molecule has 3 rings (SSSR count). The van der Waals surface area contributed by atoms with Crippen molar-refractivity contribution in [1.82, 2.24) is 4.90 Å². The second kappa shape index (κ2) is 5.51. The van der Waals surface area contributed by atoms with Crippen LogP contribution in [-0.2, 0) is 0 Å². The standard InChI is InChI=1S/C15H20BrFN2/c16-10-4-7-12(13(17)9-10)15-14(18)3-1-2-8-19(15)11-5-6-11/h4,7,9,11,14-15H,1-3,5-6,8,18H2. The van der Waals surface area contributed by atoms with Gasteiger partial charge in [-0.15, -0.1) is 0 Å². The molecule has 0 bridgehead atoms. The summed E-state index contributed by atoms with van der Waals surface area (Å²) >= 11 is 3.32. The maximum absolute atomic E-state index is 14.3. The first-order valence-electron chi connectivity index (χ1n) is 7.13. The largest absolute Gasteiger partial charge is 0.326 e. The lowest BCUT2D eigenvalue weighted by atomic mass is 9.95. The SMILES string of the molecule is NC1CCCCN(C2CC2)C1c1ccc(Br)cc1F. The Morgan fingerprint density at radius 1 is 1.21 bits per heavy atom. The lowest BCUT2D eigenvalue weighted by molar-refractivity contribution is 0.172. The Labute approximate surface area is 122 Å². The Balaban J connectivity index is 1.96. The first kappa shape index (κ1) is 13.5. The summed E-state index contributed by atoms with van der Waals surface area (Å²) in [6.45, 7) is 1.05. The number of nitrogens with zero attached hydrogens (tertiary/aromatic N) is 1. The van der Waals surface area contributed by atoms with E-state index < -0.39 is 0 Å². The zero-order valence-electron chi connectivity index (χ0n) is 11.0. The van der Waals surface area contributed by atoms with E-state index in [0.29, 0.717) is 6.04 Å². The minimum Gasteiger partial charge on any atom is -0.326 e. The summed E-state index contributed by atoms with van der Waals surface area (Å²) in [5.74, 6) is -0.137. The van der Waals surface area contributed by atoms with E-state index in [1.54, 1.807) is 6.07 Å². The summed E-state index contributed by atoms with van der Waals surface area (Å²) in [6, 6.07) is 6.07. The molecule has 2 fully saturated rings. The summed E-state index contributed by atoms with van der Waals surface area (Å²) in [5.41, 5.74) is 7.12. The summed E-state index contributed by atoms with van der Waals surface area (Å²) < 4.78 is 15.1. The van der Waals surface area contributed by atoms with Gasteiger partial charge in [0.05, 0.1) is 6.04 Å². The van der Waals surface area contributed by atoms with Crippen molar-refractivity contribution in [3.05, 3.63) is 34.1 Å². The van der Waals surface area contributed by atoms with E-state index in [1.807, 2.05) is 12.1 Å². The average molecular weight is 327 g/mol. The van der Waals surface area contributed by atoms with Gasteiger partial charge in [-0.25, -0.2) is 4.39 Å². The smallest absolute Gasteiger partial charge is 0.129 e. The molecular weight excluding hydrogens is 307 g/mol. The third-order valence-corrected chi connectivity index (χ3v) is 4.76. The van der Waals surface area contributed by atoms with Crippen molar-refractivity contribution in [2.24, 2.45) is 5.73 Å². The molecule has 19 heavy (non-hydrogen) atoms. The molecule has 0 radical (unpaired) electrons. The van der Waals surface area contributed by atoms with E-state index in [1.165, 1.54) is 19.3 Å². The number of halogens is 2. The normalized spacial score (nSPS) is 29.2. The average Bonchev–Trinajstić information content (AvgIpc) is 3.17. The van der Waals surface area contributed by atoms with Crippen molar-refractivity contribution in [3.8, 4) is 0 Å². The van der Waals surface area contributed by atoms with Crippen molar-refractivity contribution in [3.63, 3.8) is 0 Å². The van der Waals surface area contributed by atoms with Crippen LogP contribution in [0, 0.1) is 5.82 Å². The number of nitrogens with two attached hydrogens (primary N) is 1. The molecule has 2 aliphatic rings. The quantitative estimate of drug-likeness (QED) is 0.899. The van der Waals surface area contributed by atoms with Gasteiger partial charge in [-0.3, -0.25) is 4.90 Å². The summed E-state index contributed by atoms with van der Waals surface area (Å²) in [4.78, 5) is 2.45. The van der Waals surface area contributed by atoms with Gasteiger partial charge in [-0.1, -0.05) is 28.4 Å². The number of rotatable bonds is 2. The molecule has 1 aromatic carbocycles.